The quantitative estimate of drug-likeness (QED) is 0.383. The zero-order chi connectivity index (χ0) is 12.1. The van der Waals surface area contributed by atoms with Crippen LogP contribution in [-0.4, -0.2) is 19.9 Å². The van der Waals surface area contributed by atoms with E-state index in [0.717, 1.165) is 0 Å². The molecule has 0 bridgehead atoms. The lowest BCUT2D eigenvalue weighted by Gasteiger charge is -2.22. The van der Waals surface area contributed by atoms with Crippen LogP contribution in [0, 0.1) is 0 Å². The van der Waals surface area contributed by atoms with Crippen LogP contribution in [-0.2, 0) is 0 Å². The second kappa shape index (κ2) is 7.05. The highest BCUT2D eigenvalue weighted by Gasteiger charge is 2.26. The van der Waals surface area contributed by atoms with Crippen molar-refractivity contribution in [1.29, 1.82) is 0 Å². The zero-order valence-electron chi connectivity index (χ0n) is 8.48. The average Bonchev–Trinajstić information content (AvgIpc) is 2.14. The SMILES string of the molecule is CC(Cl)(C=CC(Br)C(C)(Cl)C=CBr)CBr. The van der Waals surface area contributed by atoms with Gasteiger partial charge in [-0.05, 0) is 18.8 Å². The normalized spacial score (nSPS) is 22.9. The van der Waals surface area contributed by atoms with Crippen molar-refractivity contribution >= 4 is 71.0 Å². The molecule has 0 fully saturated rings. The Bertz CT molecular complexity index is 247. The second-order valence-corrected chi connectivity index (χ2v) is 7.37. The van der Waals surface area contributed by atoms with Crippen molar-refractivity contribution in [3.63, 3.8) is 0 Å². The molecule has 0 aromatic heterocycles. The number of alkyl halides is 4. The molecule has 0 spiro atoms. The van der Waals surface area contributed by atoms with Crippen LogP contribution in [0.2, 0.25) is 0 Å². The van der Waals surface area contributed by atoms with E-state index < -0.39 is 4.87 Å². The van der Waals surface area contributed by atoms with Gasteiger partial charge in [0.2, 0.25) is 0 Å². The Balaban J connectivity index is 4.55. The minimum atomic E-state index is -0.473. The third-order valence-electron chi connectivity index (χ3n) is 1.80. The van der Waals surface area contributed by atoms with Gasteiger partial charge in [0, 0.05) is 5.33 Å². The van der Waals surface area contributed by atoms with Crippen LogP contribution >= 0.6 is 71.0 Å². The van der Waals surface area contributed by atoms with Gasteiger partial charge >= 0.3 is 0 Å². The molecule has 0 nitrogen and oxygen atoms in total. The maximum absolute atomic E-state index is 6.29. The zero-order valence-corrected chi connectivity index (χ0v) is 14.8. The van der Waals surface area contributed by atoms with E-state index in [1.807, 2.05) is 32.1 Å². The molecule has 3 unspecified atom stereocenters. The first-order chi connectivity index (χ1) is 6.75. The van der Waals surface area contributed by atoms with Crippen LogP contribution in [0.15, 0.2) is 23.2 Å². The molecule has 3 atom stereocenters. The lowest BCUT2D eigenvalue weighted by atomic mass is 10.1. The molecule has 0 rings (SSSR count). The Morgan fingerprint density at radius 2 is 1.80 bits per heavy atom. The molecule has 0 aliphatic rings. The highest BCUT2D eigenvalue weighted by molar-refractivity contribution is 9.11. The summed E-state index contributed by atoms with van der Waals surface area (Å²) in [5.74, 6) is 0. The molecule has 0 aliphatic heterocycles. The van der Waals surface area contributed by atoms with E-state index in [-0.39, 0.29) is 9.70 Å². The predicted molar refractivity (Wildman–Crippen MR) is 82.2 cm³/mol. The molecule has 0 radical (unpaired) electrons. The van der Waals surface area contributed by atoms with Gasteiger partial charge in [0.25, 0.3) is 0 Å². The fraction of sp³-hybridized carbons (Fsp3) is 0.600. The van der Waals surface area contributed by atoms with E-state index in [0.29, 0.717) is 5.33 Å². The number of hydrogen-bond acceptors (Lipinski definition) is 0. The Morgan fingerprint density at radius 3 is 2.20 bits per heavy atom. The molecule has 5 heteroatoms. The lowest BCUT2D eigenvalue weighted by Crippen LogP contribution is -2.25. The third kappa shape index (κ3) is 6.72. The Kier molecular flexibility index (Phi) is 7.76. The van der Waals surface area contributed by atoms with Gasteiger partial charge < -0.3 is 0 Å². The smallest absolute Gasteiger partial charge is 0.0765 e. The first kappa shape index (κ1) is 16.5. The third-order valence-corrected chi connectivity index (χ3v) is 5.69. The maximum atomic E-state index is 6.29. The van der Waals surface area contributed by atoms with Crippen molar-refractivity contribution in [3.05, 3.63) is 23.2 Å². The number of hydrogen-bond donors (Lipinski definition) is 0. The summed E-state index contributed by atoms with van der Waals surface area (Å²) < 4.78 is 0. The lowest BCUT2D eigenvalue weighted by molar-refractivity contribution is 0.807. The Morgan fingerprint density at radius 1 is 1.27 bits per heavy atom. The first-order valence-corrected chi connectivity index (χ1v) is 8.01. The second-order valence-electron chi connectivity index (χ2n) is 3.62. The molecule has 0 heterocycles. The van der Waals surface area contributed by atoms with Gasteiger partial charge in [0.05, 0.1) is 14.6 Å². The van der Waals surface area contributed by atoms with Crippen molar-refractivity contribution in [3.8, 4) is 0 Å². The van der Waals surface area contributed by atoms with Gasteiger partial charge in [-0.2, -0.15) is 0 Å². The van der Waals surface area contributed by atoms with Gasteiger partial charge in [-0.25, -0.2) is 0 Å². The predicted octanol–water partition coefficient (Wildman–Crippen LogP) is 5.60. The maximum Gasteiger partial charge on any atom is 0.0765 e. The molecule has 0 aromatic rings. The van der Waals surface area contributed by atoms with Gasteiger partial charge in [0.15, 0.2) is 0 Å². The molecule has 0 N–H and O–H groups in total. The van der Waals surface area contributed by atoms with Crippen LogP contribution in [0.5, 0.6) is 0 Å². The van der Waals surface area contributed by atoms with Crippen molar-refractivity contribution in [2.45, 2.75) is 28.4 Å². The van der Waals surface area contributed by atoms with E-state index in [1.165, 1.54) is 0 Å². The molecule has 0 saturated carbocycles. The Labute approximate surface area is 127 Å². The number of halogens is 5. The standard InChI is InChI=1S/C10H13Br3Cl2/c1-9(14,7-12)4-3-8(13)10(2,15)5-6-11/h3-6,8H,7H2,1-2H3. The summed E-state index contributed by atoms with van der Waals surface area (Å²) in [4.78, 5) is 0.931. The summed E-state index contributed by atoms with van der Waals surface area (Å²) in [6, 6.07) is 0. The molecule has 15 heavy (non-hydrogen) atoms. The summed E-state index contributed by atoms with van der Waals surface area (Å²) in [5.41, 5.74) is 0. The van der Waals surface area contributed by atoms with Crippen LogP contribution in [0.4, 0.5) is 0 Å². The monoisotopic (exact) mass is 440 g/mol. The molecule has 0 aliphatic carbocycles. The summed E-state index contributed by atoms with van der Waals surface area (Å²) in [7, 11) is 0. The fourth-order valence-corrected chi connectivity index (χ4v) is 2.13. The van der Waals surface area contributed by atoms with Crippen molar-refractivity contribution in [2.24, 2.45) is 0 Å². The summed E-state index contributed by atoms with van der Waals surface area (Å²) in [5, 5.41) is 0.699. The van der Waals surface area contributed by atoms with Gasteiger partial charge in [-0.1, -0.05) is 66.0 Å². The van der Waals surface area contributed by atoms with Crippen LogP contribution < -0.4 is 0 Å². The first-order valence-electron chi connectivity index (χ1n) is 4.30. The topological polar surface area (TPSA) is 0 Å². The van der Waals surface area contributed by atoms with E-state index in [1.54, 1.807) is 4.99 Å². The molecule has 0 aromatic carbocycles. The van der Waals surface area contributed by atoms with E-state index >= 15 is 0 Å². The van der Waals surface area contributed by atoms with Gasteiger partial charge in [0.1, 0.15) is 0 Å². The largest absolute Gasteiger partial charge is 0.114 e. The number of allylic oxidation sites excluding steroid dienone is 3. The summed E-state index contributed by atoms with van der Waals surface area (Å²) >= 11 is 22.5. The van der Waals surface area contributed by atoms with Crippen LogP contribution in [0.1, 0.15) is 13.8 Å². The van der Waals surface area contributed by atoms with E-state index in [4.69, 9.17) is 23.2 Å². The minimum absolute atomic E-state index is 0.0255. The van der Waals surface area contributed by atoms with Crippen molar-refractivity contribution in [1.82, 2.24) is 0 Å². The summed E-state index contributed by atoms with van der Waals surface area (Å²) in [6.07, 6.45) is 5.78. The van der Waals surface area contributed by atoms with Crippen LogP contribution in [0.3, 0.4) is 0 Å². The van der Waals surface area contributed by atoms with Gasteiger partial charge in [-0.15, -0.1) is 23.2 Å². The Hall–Kier alpha value is 1.50. The molecular weight excluding hydrogens is 431 g/mol. The molecular formula is C10H13Br3Cl2. The van der Waals surface area contributed by atoms with Crippen molar-refractivity contribution in [2.75, 3.05) is 5.33 Å². The fourth-order valence-electron chi connectivity index (χ4n) is 0.733. The minimum Gasteiger partial charge on any atom is -0.114 e. The number of rotatable bonds is 5. The highest BCUT2D eigenvalue weighted by atomic mass is 79.9. The van der Waals surface area contributed by atoms with Gasteiger partial charge in [-0.3, -0.25) is 0 Å². The van der Waals surface area contributed by atoms with Crippen molar-refractivity contribution < 1.29 is 0 Å². The molecule has 88 valence electrons. The summed E-state index contributed by atoms with van der Waals surface area (Å²) in [6.45, 7) is 3.86. The molecule has 0 amide bonds. The van der Waals surface area contributed by atoms with Crippen LogP contribution in [0.25, 0.3) is 0 Å². The molecule has 0 saturated heterocycles. The van der Waals surface area contributed by atoms with E-state index in [2.05, 4.69) is 47.8 Å². The highest BCUT2D eigenvalue weighted by Crippen LogP contribution is 2.30. The van der Waals surface area contributed by atoms with E-state index in [9.17, 15) is 0 Å². The average molecular weight is 444 g/mol.